The van der Waals surface area contributed by atoms with E-state index in [0.29, 0.717) is 57.8 Å². The molecule has 9 heteroatoms. The second-order valence-corrected chi connectivity index (χ2v) is 9.47. The minimum atomic E-state index is -0.969. The summed E-state index contributed by atoms with van der Waals surface area (Å²) in [7, 11) is 3.02. The summed E-state index contributed by atoms with van der Waals surface area (Å²) in [5.41, 5.74) is 1.31. The number of amides is 1. The standard InChI is InChI=1S/C30H26FN3O5/c1-32-29(37)22-15-21-23(16-25(22)38-2)33-12-9-24(21)39-28-8-5-19(17-34-28)14-27(36)30(10-11-30)26(35)13-18-3-6-20(31)7-4-18/h3-9,12,15-17H,10-11,13-14H2,1-2H3,(H,32,37). The lowest BCUT2D eigenvalue weighted by Gasteiger charge is -2.14. The Balaban J connectivity index is 1.29. The highest BCUT2D eigenvalue weighted by Gasteiger charge is 2.54. The summed E-state index contributed by atoms with van der Waals surface area (Å²) in [6, 6.07) is 14.1. The van der Waals surface area contributed by atoms with Crippen molar-refractivity contribution in [1.29, 1.82) is 0 Å². The monoisotopic (exact) mass is 527 g/mol. The molecule has 5 rings (SSSR count). The van der Waals surface area contributed by atoms with E-state index in [4.69, 9.17) is 9.47 Å². The van der Waals surface area contributed by atoms with Gasteiger partial charge in [-0.05, 0) is 48.2 Å². The van der Waals surface area contributed by atoms with Gasteiger partial charge in [-0.1, -0.05) is 18.2 Å². The van der Waals surface area contributed by atoms with Gasteiger partial charge in [0.1, 0.15) is 17.3 Å². The number of Topliss-reactive ketones (excluding diaryl/α,β-unsaturated/α-hetero) is 2. The van der Waals surface area contributed by atoms with Crippen molar-refractivity contribution in [2.45, 2.75) is 25.7 Å². The van der Waals surface area contributed by atoms with Crippen molar-refractivity contribution >= 4 is 28.4 Å². The fourth-order valence-electron chi connectivity index (χ4n) is 4.56. The maximum absolute atomic E-state index is 13.2. The number of ketones is 2. The molecule has 1 fully saturated rings. The second-order valence-electron chi connectivity index (χ2n) is 9.47. The van der Waals surface area contributed by atoms with Crippen molar-refractivity contribution in [2.75, 3.05) is 14.2 Å². The molecule has 2 heterocycles. The zero-order valence-electron chi connectivity index (χ0n) is 21.5. The number of nitrogens with one attached hydrogen (secondary N) is 1. The van der Waals surface area contributed by atoms with Gasteiger partial charge in [0.25, 0.3) is 5.91 Å². The van der Waals surface area contributed by atoms with Crippen LogP contribution in [0.2, 0.25) is 0 Å². The Kier molecular flexibility index (Phi) is 7.06. The fraction of sp³-hybridized carbons (Fsp3) is 0.233. The molecular weight excluding hydrogens is 501 g/mol. The molecule has 1 aliphatic carbocycles. The predicted molar refractivity (Wildman–Crippen MR) is 141 cm³/mol. The number of pyridine rings is 2. The molecule has 0 bridgehead atoms. The average Bonchev–Trinajstić information content (AvgIpc) is 3.77. The minimum absolute atomic E-state index is 0.0793. The Morgan fingerprint density at radius 1 is 0.923 bits per heavy atom. The SMILES string of the molecule is CNC(=O)c1cc2c(Oc3ccc(CC(=O)C4(C(=O)Cc5ccc(F)cc5)CC4)cn3)ccnc2cc1OC. The van der Waals surface area contributed by atoms with Gasteiger partial charge in [-0.2, -0.15) is 0 Å². The van der Waals surface area contributed by atoms with E-state index in [0.717, 1.165) is 0 Å². The molecular formula is C30H26FN3O5. The summed E-state index contributed by atoms with van der Waals surface area (Å²) in [5, 5.41) is 3.20. The van der Waals surface area contributed by atoms with Crippen LogP contribution in [0.25, 0.3) is 10.9 Å². The average molecular weight is 528 g/mol. The first-order chi connectivity index (χ1) is 18.8. The van der Waals surface area contributed by atoms with Crippen LogP contribution >= 0.6 is 0 Å². The lowest BCUT2D eigenvalue weighted by atomic mass is 9.88. The van der Waals surface area contributed by atoms with Gasteiger partial charge < -0.3 is 14.8 Å². The minimum Gasteiger partial charge on any atom is -0.496 e. The van der Waals surface area contributed by atoms with E-state index in [9.17, 15) is 18.8 Å². The van der Waals surface area contributed by atoms with E-state index in [2.05, 4.69) is 15.3 Å². The molecule has 2 aromatic carbocycles. The molecule has 198 valence electrons. The van der Waals surface area contributed by atoms with E-state index in [1.54, 1.807) is 54.9 Å². The van der Waals surface area contributed by atoms with Crippen LogP contribution in [0.1, 0.15) is 34.3 Å². The van der Waals surface area contributed by atoms with Gasteiger partial charge in [-0.25, -0.2) is 9.37 Å². The van der Waals surface area contributed by atoms with Gasteiger partial charge in [-0.3, -0.25) is 19.4 Å². The smallest absolute Gasteiger partial charge is 0.254 e. The molecule has 0 spiro atoms. The first-order valence-corrected chi connectivity index (χ1v) is 12.5. The van der Waals surface area contributed by atoms with Gasteiger partial charge in [0.05, 0.1) is 23.6 Å². The molecule has 0 radical (unpaired) electrons. The van der Waals surface area contributed by atoms with Crippen LogP contribution in [0, 0.1) is 11.2 Å². The number of aromatic nitrogens is 2. The van der Waals surface area contributed by atoms with Crippen molar-refractivity contribution < 1.29 is 28.2 Å². The van der Waals surface area contributed by atoms with E-state index in [1.165, 1.54) is 26.3 Å². The number of benzene rings is 2. The Bertz CT molecular complexity index is 1560. The summed E-state index contributed by atoms with van der Waals surface area (Å²) in [6.07, 6.45) is 4.37. The summed E-state index contributed by atoms with van der Waals surface area (Å²) >= 11 is 0. The third kappa shape index (κ3) is 5.34. The van der Waals surface area contributed by atoms with E-state index in [-0.39, 0.29) is 36.1 Å². The number of halogens is 1. The number of nitrogens with zero attached hydrogens (tertiary/aromatic N) is 2. The molecule has 0 atom stereocenters. The van der Waals surface area contributed by atoms with Crippen LogP contribution in [0.5, 0.6) is 17.4 Å². The number of carbonyl (C=O) groups is 3. The topological polar surface area (TPSA) is 107 Å². The highest BCUT2D eigenvalue weighted by Crippen LogP contribution is 2.48. The molecule has 39 heavy (non-hydrogen) atoms. The van der Waals surface area contributed by atoms with Crippen LogP contribution in [0.3, 0.4) is 0 Å². The van der Waals surface area contributed by atoms with Crippen LogP contribution in [0.15, 0.2) is 67.0 Å². The summed E-state index contributed by atoms with van der Waals surface area (Å²) in [4.78, 5) is 47.0. The number of methoxy groups -OCH3 is 1. The van der Waals surface area contributed by atoms with Crippen LogP contribution in [0.4, 0.5) is 4.39 Å². The third-order valence-corrected chi connectivity index (χ3v) is 6.97. The summed E-state index contributed by atoms with van der Waals surface area (Å²) < 4.78 is 24.5. The van der Waals surface area contributed by atoms with Gasteiger partial charge in [0, 0.05) is 49.8 Å². The zero-order valence-corrected chi connectivity index (χ0v) is 21.5. The molecule has 0 unspecified atom stereocenters. The van der Waals surface area contributed by atoms with Crippen LogP contribution in [-0.2, 0) is 22.4 Å². The van der Waals surface area contributed by atoms with Crippen LogP contribution in [-0.4, -0.2) is 41.6 Å². The Hall–Kier alpha value is -4.66. The highest BCUT2D eigenvalue weighted by molar-refractivity contribution is 6.11. The molecule has 8 nitrogen and oxygen atoms in total. The molecule has 2 aromatic heterocycles. The quantitative estimate of drug-likeness (QED) is 0.300. The second kappa shape index (κ2) is 10.6. The predicted octanol–water partition coefficient (Wildman–Crippen LogP) is 4.63. The lowest BCUT2D eigenvalue weighted by Crippen LogP contribution is -2.28. The van der Waals surface area contributed by atoms with E-state index >= 15 is 0 Å². The van der Waals surface area contributed by atoms with Crippen molar-refractivity contribution in [3.63, 3.8) is 0 Å². The summed E-state index contributed by atoms with van der Waals surface area (Å²) in [5.74, 6) is 0.194. The fourth-order valence-corrected chi connectivity index (χ4v) is 4.56. The largest absolute Gasteiger partial charge is 0.496 e. The molecule has 0 aliphatic heterocycles. The first-order valence-electron chi connectivity index (χ1n) is 12.5. The normalized spacial score (nSPS) is 13.5. The molecule has 1 aliphatic rings. The highest BCUT2D eigenvalue weighted by atomic mass is 19.1. The molecule has 1 N–H and O–H groups in total. The Morgan fingerprint density at radius 2 is 1.62 bits per heavy atom. The Morgan fingerprint density at radius 3 is 2.23 bits per heavy atom. The molecule has 4 aromatic rings. The van der Waals surface area contributed by atoms with Gasteiger partial charge in [0.15, 0.2) is 11.6 Å². The van der Waals surface area contributed by atoms with Gasteiger partial charge >= 0.3 is 0 Å². The Labute approximate surface area is 224 Å². The zero-order chi connectivity index (χ0) is 27.6. The number of carbonyl (C=O) groups excluding carboxylic acids is 3. The lowest BCUT2D eigenvalue weighted by molar-refractivity contribution is -0.133. The number of hydrogen-bond acceptors (Lipinski definition) is 7. The molecule has 1 saturated carbocycles. The number of ether oxygens (including phenoxy) is 2. The van der Waals surface area contributed by atoms with E-state index in [1.807, 2.05) is 0 Å². The number of fused-ring (bicyclic) bond motifs is 1. The molecule has 0 saturated heterocycles. The third-order valence-electron chi connectivity index (χ3n) is 6.97. The number of rotatable bonds is 10. The van der Waals surface area contributed by atoms with Gasteiger partial charge in [0.2, 0.25) is 5.88 Å². The van der Waals surface area contributed by atoms with Crippen molar-refractivity contribution in [2.24, 2.45) is 5.41 Å². The first kappa shape index (κ1) is 26.0. The van der Waals surface area contributed by atoms with Crippen molar-refractivity contribution in [3.8, 4) is 17.4 Å². The maximum Gasteiger partial charge on any atom is 0.254 e. The van der Waals surface area contributed by atoms with Gasteiger partial charge in [-0.15, -0.1) is 0 Å². The number of hydrogen-bond donors (Lipinski definition) is 1. The maximum atomic E-state index is 13.2. The van der Waals surface area contributed by atoms with Crippen molar-refractivity contribution in [1.82, 2.24) is 15.3 Å². The van der Waals surface area contributed by atoms with Crippen molar-refractivity contribution in [3.05, 3.63) is 89.5 Å². The van der Waals surface area contributed by atoms with E-state index < -0.39 is 5.41 Å². The van der Waals surface area contributed by atoms with Crippen LogP contribution < -0.4 is 14.8 Å². The molecule has 1 amide bonds. The summed E-state index contributed by atoms with van der Waals surface area (Å²) in [6.45, 7) is 0.